The molecule has 3 aromatic rings. The fourth-order valence-corrected chi connectivity index (χ4v) is 3.18. The summed E-state index contributed by atoms with van der Waals surface area (Å²) in [7, 11) is 1.61. The topological polar surface area (TPSA) is 108 Å². The zero-order valence-electron chi connectivity index (χ0n) is 14.9. The van der Waals surface area contributed by atoms with Crippen LogP contribution in [0, 0.1) is 0 Å². The Balaban J connectivity index is 1.86. The molecule has 0 spiro atoms. The van der Waals surface area contributed by atoms with Crippen LogP contribution in [0.25, 0.3) is 11.4 Å². The maximum atomic E-state index is 12.2. The molecule has 0 aliphatic carbocycles. The molecule has 0 fully saturated rings. The van der Waals surface area contributed by atoms with Gasteiger partial charge >= 0.3 is 0 Å². The fourth-order valence-electron chi connectivity index (χ4n) is 3.18. The molecule has 1 atom stereocenters. The number of carbonyl (C=O) groups is 1. The van der Waals surface area contributed by atoms with Crippen molar-refractivity contribution in [3.63, 3.8) is 0 Å². The van der Waals surface area contributed by atoms with E-state index in [1.165, 1.54) is 0 Å². The number of hydrogen-bond acceptors (Lipinski definition) is 6. The molecule has 8 heteroatoms. The molecule has 3 heterocycles. The number of nitrogens with one attached hydrogen (secondary N) is 1. The molecule has 136 valence electrons. The second-order valence-electron chi connectivity index (χ2n) is 6.15. The molecule has 1 unspecified atom stereocenters. The summed E-state index contributed by atoms with van der Waals surface area (Å²) in [6.07, 6.45) is 3.38. The summed E-state index contributed by atoms with van der Waals surface area (Å²) in [6.45, 7) is 1.80. The highest BCUT2D eigenvalue weighted by Gasteiger charge is 2.33. The minimum absolute atomic E-state index is 0.440. The Kier molecular flexibility index (Phi) is 4.08. The number of aromatic nitrogens is 4. The van der Waals surface area contributed by atoms with Crippen molar-refractivity contribution in [2.75, 3.05) is 12.4 Å². The highest BCUT2D eigenvalue weighted by Crippen LogP contribution is 2.36. The Hall–Kier alpha value is -3.68. The van der Waals surface area contributed by atoms with Crippen LogP contribution in [-0.2, 0) is 4.79 Å². The SMILES string of the molecule is COc1ccc(C2C(C(N)=O)=C(C)Nc3nc(-c4cccnc4)nn32)cc1. The van der Waals surface area contributed by atoms with E-state index in [1.54, 1.807) is 31.1 Å². The number of carbonyl (C=O) groups excluding carboxylic acids is 1. The standard InChI is InChI=1S/C19H18N6O2/c1-11-15(17(20)26)16(12-5-7-14(27-2)8-6-12)25-19(22-11)23-18(24-25)13-4-3-9-21-10-13/h3-10,16H,1-2H3,(H2,20,26)(H,22,23,24). The van der Waals surface area contributed by atoms with Gasteiger partial charge in [-0.05, 0) is 36.8 Å². The number of nitrogens with zero attached hydrogens (tertiary/aromatic N) is 4. The quantitative estimate of drug-likeness (QED) is 0.736. The molecule has 0 saturated heterocycles. The van der Waals surface area contributed by atoms with Gasteiger partial charge in [-0.25, -0.2) is 4.68 Å². The first-order chi connectivity index (χ1) is 13.1. The van der Waals surface area contributed by atoms with Crippen LogP contribution in [0.1, 0.15) is 18.5 Å². The molecule has 1 amide bonds. The zero-order chi connectivity index (χ0) is 19.0. The predicted molar refractivity (Wildman–Crippen MR) is 99.9 cm³/mol. The van der Waals surface area contributed by atoms with Crippen molar-refractivity contribution in [1.29, 1.82) is 0 Å². The number of ether oxygens (including phenoxy) is 1. The molecule has 0 radical (unpaired) electrons. The lowest BCUT2D eigenvalue weighted by molar-refractivity contribution is -0.115. The average Bonchev–Trinajstić information content (AvgIpc) is 3.11. The van der Waals surface area contributed by atoms with E-state index < -0.39 is 11.9 Å². The Morgan fingerprint density at radius 3 is 2.67 bits per heavy atom. The van der Waals surface area contributed by atoms with Crippen LogP contribution in [0.2, 0.25) is 0 Å². The smallest absolute Gasteiger partial charge is 0.248 e. The Labute approximate surface area is 155 Å². The van der Waals surface area contributed by atoms with Gasteiger partial charge in [0, 0.05) is 23.7 Å². The monoisotopic (exact) mass is 362 g/mol. The van der Waals surface area contributed by atoms with Crippen molar-refractivity contribution in [3.8, 4) is 17.1 Å². The number of primary amides is 1. The number of pyridine rings is 1. The van der Waals surface area contributed by atoms with Gasteiger partial charge in [0.2, 0.25) is 11.9 Å². The summed E-state index contributed by atoms with van der Waals surface area (Å²) in [5.74, 6) is 1.27. The Bertz CT molecular complexity index is 1020. The third kappa shape index (κ3) is 2.91. The van der Waals surface area contributed by atoms with Gasteiger partial charge in [0.15, 0.2) is 5.82 Å². The van der Waals surface area contributed by atoms with Crippen LogP contribution >= 0.6 is 0 Å². The van der Waals surface area contributed by atoms with Gasteiger partial charge in [0.05, 0.1) is 12.7 Å². The first-order valence-electron chi connectivity index (χ1n) is 8.37. The molecule has 1 aliphatic rings. The normalized spacial score (nSPS) is 15.9. The number of methoxy groups -OCH3 is 1. The van der Waals surface area contributed by atoms with Gasteiger partial charge in [-0.3, -0.25) is 9.78 Å². The largest absolute Gasteiger partial charge is 0.497 e. The zero-order valence-corrected chi connectivity index (χ0v) is 14.9. The third-order valence-corrected chi connectivity index (χ3v) is 4.47. The van der Waals surface area contributed by atoms with Gasteiger partial charge in [0.1, 0.15) is 11.8 Å². The molecular formula is C19H18N6O2. The maximum Gasteiger partial charge on any atom is 0.248 e. The average molecular weight is 362 g/mol. The van der Waals surface area contributed by atoms with Gasteiger partial charge < -0.3 is 15.8 Å². The minimum atomic E-state index is -0.509. The molecule has 3 N–H and O–H groups in total. The van der Waals surface area contributed by atoms with Crippen LogP contribution in [0.5, 0.6) is 5.75 Å². The van der Waals surface area contributed by atoms with E-state index in [4.69, 9.17) is 10.5 Å². The highest BCUT2D eigenvalue weighted by atomic mass is 16.5. The molecule has 4 rings (SSSR count). The first kappa shape index (κ1) is 16.8. The minimum Gasteiger partial charge on any atom is -0.497 e. The lowest BCUT2D eigenvalue weighted by Gasteiger charge is -2.27. The molecule has 2 aromatic heterocycles. The van der Waals surface area contributed by atoms with Crippen molar-refractivity contribution in [1.82, 2.24) is 19.7 Å². The summed E-state index contributed by atoms with van der Waals surface area (Å²) in [5.41, 5.74) is 8.42. The number of fused-ring (bicyclic) bond motifs is 1. The summed E-state index contributed by atoms with van der Waals surface area (Å²) in [6, 6.07) is 10.7. The van der Waals surface area contributed by atoms with Crippen LogP contribution in [-0.4, -0.2) is 32.8 Å². The van der Waals surface area contributed by atoms with E-state index in [2.05, 4.69) is 20.4 Å². The van der Waals surface area contributed by atoms with Crippen LogP contribution in [0.15, 0.2) is 60.1 Å². The van der Waals surface area contributed by atoms with Crippen molar-refractivity contribution in [2.24, 2.45) is 5.73 Å². The number of anilines is 1. The first-order valence-corrected chi connectivity index (χ1v) is 8.37. The van der Waals surface area contributed by atoms with Gasteiger partial charge in [-0.15, -0.1) is 5.10 Å². The van der Waals surface area contributed by atoms with Gasteiger partial charge in [0.25, 0.3) is 0 Å². The molecule has 0 bridgehead atoms. The van der Waals surface area contributed by atoms with E-state index in [9.17, 15) is 4.79 Å². The number of hydrogen-bond donors (Lipinski definition) is 2. The predicted octanol–water partition coefficient (Wildman–Crippen LogP) is 2.12. The summed E-state index contributed by atoms with van der Waals surface area (Å²) in [5, 5.41) is 7.75. The third-order valence-electron chi connectivity index (χ3n) is 4.47. The van der Waals surface area contributed by atoms with Crippen LogP contribution in [0.3, 0.4) is 0 Å². The highest BCUT2D eigenvalue weighted by molar-refractivity contribution is 5.95. The van der Waals surface area contributed by atoms with Crippen molar-refractivity contribution < 1.29 is 9.53 Å². The molecule has 8 nitrogen and oxygen atoms in total. The van der Waals surface area contributed by atoms with Gasteiger partial charge in [-0.1, -0.05) is 12.1 Å². The number of nitrogens with two attached hydrogens (primary N) is 1. The van der Waals surface area contributed by atoms with E-state index in [0.29, 0.717) is 23.0 Å². The Morgan fingerprint density at radius 2 is 2.04 bits per heavy atom. The van der Waals surface area contributed by atoms with Crippen LogP contribution < -0.4 is 15.8 Å². The van der Waals surface area contributed by atoms with E-state index in [-0.39, 0.29) is 0 Å². The number of allylic oxidation sites excluding steroid dienone is 1. The van der Waals surface area contributed by atoms with Crippen molar-refractivity contribution in [2.45, 2.75) is 13.0 Å². The van der Waals surface area contributed by atoms with Gasteiger partial charge in [-0.2, -0.15) is 4.98 Å². The van der Waals surface area contributed by atoms with E-state index >= 15 is 0 Å². The fraction of sp³-hybridized carbons (Fsp3) is 0.158. The van der Waals surface area contributed by atoms with Crippen LogP contribution in [0.4, 0.5) is 5.95 Å². The number of benzene rings is 1. The van der Waals surface area contributed by atoms with Crippen molar-refractivity contribution >= 4 is 11.9 Å². The summed E-state index contributed by atoms with van der Waals surface area (Å²) >= 11 is 0. The maximum absolute atomic E-state index is 12.2. The summed E-state index contributed by atoms with van der Waals surface area (Å²) in [4.78, 5) is 20.9. The van der Waals surface area contributed by atoms with Crippen molar-refractivity contribution in [3.05, 3.63) is 65.6 Å². The second kappa shape index (κ2) is 6.56. The lowest BCUT2D eigenvalue weighted by Crippen LogP contribution is -2.31. The second-order valence-corrected chi connectivity index (χ2v) is 6.15. The number of amides is 1. The summed E-state index contributed by atoms with van der Waals surface area (Å²) < 4.78 is 6.90. The molecule has 27 heavy (non-hydrogen) atoms. The Morgan fingerprint density at radius 1 is 1.26 bits per heavy atom. The molecule has 1 aromatic carbocycles. The van der Waals surface area contributed by atoms with E-state index in [0.717, 1.165) is 16.9 Å². The number of rotatable bonds is 4. The van der Waals surface area contributed by atoms with E-state index in [1.807, 2.05) is 36.4 Å². The lowest BCUT2D eigenvalue weighted by atomic mass is 9.95. The molecular weight excluding hydrogens is 344 g/mol. The molecule has 0 saturated carbocycles. The molecule has 1 aliphatic heterocycles.